The molecule has 1 aromatic heterocycles. The molecule has 1 N–H and O–H groups in total. The summed E-state index contributed by atoms with van der Waals surface area (Å²) in [6, 6.07) is 16.0. The van der Waals surface area contributed by atoms with Gasteiger partial charge < -0.3 is 5.32 Å². The average molecular weight is 320 g/mol. The van der Waals surface area contributed by atoms with Crippen molar-refractivity contribution >= 4 is 17.3 Å². The number of aromatic nitrogens is 4. The normalized spacial score (nSPS) is 16.0. The zero-order chi connectivity index (χ0) is 16.5. The molecule has 0 aliphatic carbocycles. The van der Waals surface area contributed by atoms with Crippen molar-refractivity contribution in [3.05, 3.63) is 81.9 Å². The smallest absolute Gasteiger partial charge is 0.269 e. The van der Waals surface area contributed by atoms with Gasteiger partial charge in [0, 0.05) is 17.8 Å². The van der Waals surface area contributed by atoms with E-state index in [4.69, 9.17) is 0 Å². The summed E-state index contributed by atoms with van der Waals surface area (Å²) in [7, 11) is 0. The lowest BCUT2D eigenvalue weighted by Crippen LogP contribution is -2.20. The van der Waals surface area contributed by atoms with Crippen LogP contribution >= 0.6 is 0 Å². The third kappa shape index (κ3) is 2.39. The number of hydrogen-bond acceptors (Lipinski definition) is 6. The first-order valence-corrected chi connectivity index (χ1v) is 7.29. The molecule has 4 rings (SSSR count). The van der Waals surface area contributed by atoms with E-state index in [0.717, 1.165) is 16.8 Å². The Balaban J connectivity index is 1.78. The number of non-ortho nitro benzene ring substituents is 1. The van der Waals surface area contributed by atoms with Crippen molar-refractivity contribution in [1.29, 1.82) is 0 Å². The van der Waals surface area contributed by atoms with Crippen LogP contribution in [0.1, 0.15) is 17.2 Å². The quantitative estimate of drug-likeness (QED) is 0.588. The zero-order valence-corrected chi connectivity index (χ0v) is 12.4. The van der Waals surface area contributed by atoms with E-state index in [9.17, 15) is 10.1 Å². The highest BCUT2D eigenvalue weighted by atomic mass is 16.6. The molecule has 2 heterocycles. The van der Waals surface area contributed by atoms with Crippen LogP contribution in [0.25, 0.3) is 5.70 Å². The van der Waals surface area contributed by atoms with Crippen molar-refractivity contribution in [3.63, 3.8) is 0 Å². The van der Waals surface area contributed by atoms with E-state index in [1.165, 1.54) is 12.1 Å². The molecule has 0 unspecified atom stereocenters. The summed E-state index contributed by atoms with van der Waals surface area (Å²) in [5, 5.41) is 25.8. The van der Waals surface area contributed by atoms with Crippen molar-refractivity contribution < 1.29 is 4.92 Å². The maximum absolute atomic E-state index is 10.8. The van der Waals surface area contributed by atoms with Gasteiger partial charge in [0.05, 0.1) is 4.92 Å². The fourth-order valence-electron chi connectivity index (χ4n) is 2.67. The van der Waals surface area contributed by atoms with Crippen LogP contribution in [0.5, 0.6) is 0 Å². The van der Waals surface area contributed by atoms with Gasteiger partial charge in [0.25, 0.3) is 5.69 Å². The molecule has 0 amide bonds. The lowest BCUT2D eigenvalue weighted by atomic mass is 10.0. The lowest BCUT2D eigenvalue weighted by molar-refractivity contribution is -0.384. The molecule has 0 fully saturated rings. The van der Waals surface area contributed by atoms with Gasteiger partial charge in [-0.15, -0.1) is 0 Å². The van der Waals surface area contributed by atoms with Gasteiger partial charge in [-0.1, -0.05) is 35.4 Å². The van der Waals surface area contributed by atoms with Gasteiger partial charge in [-0.05, 0) is 39.8 Å². The Morgan fingerprint density at radius 3 is 2.54 bits per heavy atom. The summed E-state index contributed by atoms with van der Waals surface area (Å²) < 4.78 is 1.65. The Labute approximate surface area is 136 Å². The van der Waals surface area contributed by atoms with Crippen LogP contribution in [0.3, 0.4) is 0 Å². The van der Waals surface area contributed by atoms with E-state index in [-0.39, 0.29) is 11.7 Å². The van der Waals surface area contributed by atoms with Crippen LogP contribution in [0.2, 0.25) is 0 Å². The number of anilines is 1. The second-order valence-corrected chi connectivity index (χ2v) is 5.31. The van der Waals surface area contributed by atoms with E-state index in [0.29, 0.717) is 5.95 Å². The first kappa shape index (κ1) is 14.1. The molecular weight excluding hydrogens is 308 g/mol. The fourth-order valence-corrected chi connectivity index (χ4v) is 2.67. The monoisotopic (exact) mass is 320 g/mol. The van der Waals surface area contributed by atoms with Crippen LogP contribution < -0.4 is 5.32 Å². The molecule has 8 nitrogen and oxygen atoms in total. The third-order valence-corrected chi connectivity index (χ3v) is 3.86. The van der Waals surface area contributed by atoms with Gasteiger partial charge in [-0.2, -0.15) is 4.68 Å². The number of allylic oxidation sites excluding steroid dienone is 1. The predicted octanol–water partition coefficient (Wildman–Crippen LogP) is 2.64. The minimum Gasteiger partial charge on any atom is -0.323 e. The second-order valence-electron chi connectivity index (χ2n) is 5.31. The van der Waals surface area contributed by atoms with Crippen LogP contribution in [0.15, 0.2) is 60.7 Å². The Morgan fingerprint density at radius 2 is 1.83 bits per heavy atom. The summed E-state index contributed by atoms with van der Waals surface area (Å²) in [5.74, 6) is 0.528. The number of rotatable bonds is 3. The topological polar surface area (TPSA) is 98.8 Å². The highest BCUT2D eigenvalue weighted by Crippen LogP contribution is 2.32. The predicted molar refractivity (Wildman–Crippen MR) is 87.1 cm³/mol. The molecule has 1 atom stereocenters. The van der Waals surface area contributed by atoms with Crippen molar-refractivity contribution in [2.24, 2.45) is 0 Å². The third-order valence-electron chi connectivity index (χ3n) is 3.86. The molecule has 1 aliphatic rings. The zero-order valence-electron chi connectivity index (χ0n) is 12.4. The maximum atomic E-state index is 10.8. The van der Waals surface area contributed by atoms with Gasteiger partial charge in [0.1, 0.15) is 6.04 Å². The van der Waals surface area contributed by atoms with Crippen molar-refractivity contribution in [1.82, 2.24) is 20.2 Å². The molecule has 2 aromatic carbocycles. The molecule has 1 aliphatic heterocycles. The van der Waals surface area contributed by atoms with Gasteiger partial charge in [0.2, 0.25) is 5.95 Å². The minimum absolute atomic E-state index is 0.0527. The van der Waals surface area contributed by atoms with Gasteiger partial charge in [0.15, 0.2) is 0 Å². The Kier molecular flexibility index (Phi) is 3.27. The first-order valence-electron chi connectivity index (χ1n) is 7.29. The van der Waals surface area contributed by atoms with E-state index < -0.39 is 4.92 Å². The van der Waals surface area contributed by atoms with E-state index in [2.05, 4.69) is 20.8 Å². The van der Waals surface area contributed by atoms with Crippen LogP contribution in [-0.4, -0.2) is 25.1 Å². The number of nitro benzene ring substituents is 1. The molecule has 0 saturated carbocycles. The summed E-state index contributed by atoms with van der Waals surface area (Å²) >= 11 is 0. The van der Waals surface area contributed by atoms with E-state index in [1.54, 1.807) is 16.8 Å². The van der Waals surface area contributed by atoms with Crippen molar-refractivity contribution in [2.75, 3.05) is 5.32 Å². The van der Waals surface area contributed by atoms with E-state index >= 15 is 0 Å². The maximum Gasteiger partial charge on any atom is 0.269 e. The van der Waals surface area contributed by atoms with Gasteiger partial charge in [-0.25, -0.2) is 0 Å². The van der Waals surface area contributed by atoms with Crippen LogP contribution in [0.4, 0.5) is 11.6 Å². The number of tetrazole rings is 1. The first-order chi connectivity index (χ1) is 11.7. The number of benzene rings is 2. The number of hydrogen-bond donors (Lipinski definition) is 1. The lowest BCUT2D eigenvalue weighted by Gasteiger charge is -2.23. The number of nitrogens with one attached hydrogen (secondary N) is 1. The van der Waals surface area contributed by atoms with Crippen molar-refractivity contribution in [2.45, 2.75) is 6.04 Å². The Bertz CT molecular complexity index is 917. The van der Waals surface area contributed by atoms with Gasteiger partial charge >= 0.3 is 0 Å². The summed E-state index contributed by atoms with van der Waals surface area (Å²) in [6.45, 7) is 0. The molecule has 0 spiro atoms. The van der Waals surface area contributed by atoms with Crippen molar-refractivity contribution in [3.8, 4) is 0 Å². The number of nitro groups is 1. The minimum atomic E-state index is -0.417. The standard InChI is InChI=1S/C16H12N6O2/c23-22(24)13-8-6-12(7-9-13)15-10-14(11-4-2-1-3-5-11)17-16-18-19-20-21(15)16/h1-10,15H,(H,17,18,20)/t15-/m0/s1. The molecule has 0 bridgehead atoms. The molecule has 0 saturated heterocycles. The second kappa shape index (κ2) is 5.58. The largest absolute Gasteiger partial charge is 0.323 e. The molecule has 8 heteroatoms. The van der Waals surface area contributed by atoms with E-state index in [1.807, 2.05) is 36.4 Å². The highest BCUT2D eigenvalue weighted by molar-refractivity contribution is 5.76. The average Bonchev–Trinajstić information content (AvgIpc) is 3.10. The Hall–Kier alpha value is -3.55. The van der Waals surface area contributed by atoms with Crippen LogP contribution in [-0.2, 0) is 0 Å². The SMILES string of the molecule is O=[N+]([O-])c1ccc([C@@H]2C=C(c3ccccc3)Nc3nnnn32)cc1. The molecule has 0 radical (unpaired) electrons. The number of nitrogens with zero attached hydrogens (tertiary/aromatic N) is 5. The summed E-state index contributed by atoms with van der Waals surface area (Å²) in [4.78, 5) is 10.4. The highest BCUT2D eigenvalue weighted by Gasteiger charge is 2.24. The molecule has 3 aromatic rings. The Morgan fingerprint density at radius 1 is 1.08 bits per heavy atom. The summed E-state index contributed by atoms with van der Waals surface area (Å²) in [5.41, 5.74) is 2.82. The molecule has 118 valence electrons. The van der Waals surface area contributed by atoms with Crippen LogP contribution in [0, 0.1) is 10.1 Å². The van der Waals surface area contributed by atoms with Gasteiger partial charge in [-0.3, -0.25) is 10.1 Å². The molecular formula is C16H12N6O2. The number of fused-ring (bicyclic) bond motifs is 1. The summed E-state index contributed by atoms with van der Waals surface area (Å²) in [6.07, 6.45) is 2.00. The fraction of sp³-hybridized carbons (Fsp3) is 0.0625. The molecule has 24 heavy (non-hydrogen) atoms.